The molecule has 0 radical (unpaired) electrons. The molecule has 10 heteroatoms. The second-order valence-corrected chi connectivity index (χ2v) is 10.1. The molecule has 3 aromatic carbocycles. The van der Waals surface area contributed by atoms with Crippen molar-refractivity contribution in [2.75, 3.05) is 31.5 Å². The van der Waals surface area contributed by atoms with E-state index in [1.165, 1.54) is 11.1 Å². The molecule has 1 fully saturated rings. The van der Waals surface area contributed by atoms with E-state index in [-0.39, 0.29) is 5.91 Å². The van der Waals surface area contributed by atoms with Crippen molar-refractivity contribution in [2.45, 2.75) is 45.5 Å². The highest BCUT2D eigenvalue weighted by Crippen LogP contribution is 2.16. The smallest absolute Gasteiger partial charge is 0.475 e. The Hall–Kier alpha value is -4.20. The number of carboxylic acids is 1. The van der Waals surface area contributed by atoms with E-state index in [4.69, 9.17) is 15.2 Å². The number of alkyl halides is 3. The molecule has 1 saturated heterocycles. The van der Waals surface area contributed by atoms with Gasteiger partial charge in [-0.25, -0.2) is 4.79 Å². The summed E-state index contributed by atoms with van der Waals surface area (Å²) in [5, 5.41) is 19.3. The van der Waals surface area contributed by atoms with E-state index in [0.717, 1.165) is 75.3 Å². The van der Waals surface area contributed by atoms with Crippen LogP contribution in [-0.4, -0.2) is 59.1 Å². The van der Waals surface area contributed by atoms with Crippen LogP contribution in [0.5, 0.6) is 0 Å². The standard InChI is InChI=1S/C30H34N4O.C2HF3O2/c1-2-6-24-11-13-29(14-12-24)32-30(35)28-10-4-9-27(20-28)23-34-16-5-15-33(17-18-34)22-26-8-3-7-25(19-26)21-31;3-2(4,5)1(6)7/h3-4,7-14,19-20H,2,5-6,15-18,22-23H2,1H3,(H,32,35);(H,6,7). The van der Waals surface area contributed by atoms with Crippen molar-refractivity contribution in [3.63, 3.8) is 0 Å². The van der Waals surface area contributed by atoms with E-state index in [2.05, 4.69) is 52.4 Å². The molecule has 0 aliphatic carbocycles. The number of carboxylic acid groups (broad SMARTS) is 1. The van der Waals surface area contributed by atoms with Crippen LogP contribution >= 0.6 is 0 Å². The lowest BCUT2D eigenvalue weighted by atomic mass is 10.1. The number of hydrogen-bond donors (Lipinski definition) is 2. The molecule has 0 saturated carbocycles. The molecule has 1 aliphatic rings. The van der Waals surface area contributed by atoms with E-state index < -0.39 is 12.1 Å². The SMILES string of the molecule is CCCc1ccc(NC(=O)c2cccc(CN3CCCN(Cc4cccc(C#N)c4)CC3)c2)cc1.O=C(O)C(F)(F)F. The van der Waals surface area contributed by atoms with Gasteiger partial charge in [-0.3, -0.25) is 14.6 Å². The van der Waals surface area contributed by atoms with E-state index in [0.29, 0.717) is 5.56 Å². The molecule has 4 rings (SSSR count). The molecule has 0 unspecified atom stereocenters. The Morgan fingerprint density at radius 2 is 1.45 bits per heavy atom. The minimum Gasteiger partial charge on any atom is -0.475 e. The molecule has 1 amide bonds. The molecule has 0 atom stereocenters. The lowest BCUT2D eigenvalue weighted by molar-refractivity contribution is -0.192. The van der Waals surface area contributed by atoms with Gasteiger partial charge < -0.3 is 10.4 Å². The first-order valence-electron chi connectivity index (χ1n) is 13.8. The molecule has 3 aromatic rings. The van der Waals surface area contributed by atoms with Crippen molar-refractivity contribution in [1.82, 2.24) is 9.80 Å². The molecule has 0 bridgehead atoms. The first kappa shape index (κ1) is 32.3. The molecule has 2 N–H and O–H groups in total. The van der Waals surface area contributed by atoms with Crippen molar-refractivity contribution in [3.05, 3.63) is 101 Å². The summed E-state index contributed by atoms with van der Waals surface area (Å²) in [7, 11) is 0. The van der Waals surface area contributed by atoms with Gasteiger partial charge in [0.15, 0.2) is 0 Å². The second-order valence-electron chi connectivity index (χ2n) is 10.1. The predicted molar refractivity (Wildman–Crippen MR) is 155 cm³/mol. The van der Waals surface area contributed by atoms with Crippen LogP contribution in [0.1, 0.15) is 52.4 Å². The average molecular weight is 581 g/mol. The number of halogens is 3. The van der Waals surface area contributed by atoms with Gasteiger partial charge in [0.25, 0.3) is 5.91 Å². The molecule has 7 nitrogen and oxygen atoms in total. The fraction of sp³-hybridized carbons (Fsp3) is 0.344. The monoisotopic (exact) mass is 580 g/mol. The van der Waals surface area contributed by atoms with Gasteiger partial charge >= 0.3 is 12.1 Å². The van der Waals surface area contributed by atoms with Gasteiger partial charge in [-0.2, -0.15) is 18.4 Å². The van der Waals surface area contributed by atoms with Crippen LogP contribution < -0.4 is 5.32 Å². The molecule has 0 aromatic heterocycles. The van der Waals surface area contributed by atoms with Crippen LogP contribution in [0, 0.1) is 11.3 Å². The van der Waals surface area contributed by atoms with E-state index in [1.807, 2.05) is 48.5 Å². The fourth-order valence-electron chi connectivity index (χ4n) is 4.65. The normalized spacial score (nSPS) is 14.2. The van der Waals surface area contributed by atoms with Crippen LogP contribution in [0.4, 0.5) is 18.9 Å². The Labute approximate surface area is 244 Å². The number of aliphatic carboxylic acids is 1. The van der Waals surface area contributed by atoms with Gasteiger partial charge in [-0.15, -0.1) is 0 Å². The van der Waals surface area contributed by atoms with Crippen molar-refractivity contribution in [1.29, 1.82) is 5.26 Å². The number of aryl methyl sites for hydroxylation is 1. The van der Waals surface area contributed by atoms with Gasteiger partial charge in [0.1, 0.15) is 0 Å². The maximum Gasteiger partial charge on any atom is 0.490 e. The minimum atomic E-state index is -5.08. The summed E-state index contributed by atoms with van der Waals surface area (Å²) < 4.78 is 31.7. The number of nitriles is 1. The summed E-state index contributed by atoms with van der Waals surface area (Å²) in [6.45, 7) is 7.94. The fourth-order valence-corrected chi connectivity index (χ4v) is 4.65. The number of hydrogen-bond acceptors (Lipinski definition) is 5. The summed E-state index contributed by atoms with van der Waals surface area (Å²) >= 11 is 0. The maximum absolute atomic E-state index is 12.8. The number of anilines is 1. The number of carbonyl (C=O) groups excluding carboxylic acids is 1. The third kappa shape index (κ3) is 10.7. The first-order valence-corrected chi connectivity index (χ1v) is 13.8. The third-order valence-corrected chi connectivity index (χ3v) is 6.73. The van der Waals surface area contributed by atoms with Gasteiger partial charge in [-0.05, 0) is 79.0 Å². The summed E-state index contributed by atoms with van der Waals surface area (Å²) in [6.07, 6.45) is -1.81. The highest BCUT2D eigenvalue weighted by atomic mass is 19.4. The summed E-state index contributed by atoms with van der Waals surface area (Å²) in [4.78, 5) is 26.7. The zero-order valence-electron chi connectivity index (χ0n) is 23.5. The highest BCUT2D eigenvalue weighted by Gasteiger charge is 2.38. The molecule has 0 spiro atoms. The van der Waals surface area contributed by atoms with E-state index in [1.54, 1.807) is 0 Å². The van der Waals surface area contributed by atoms with E-state index >= 15 is 0 Å². The third-order valence-electron chi connectivity index (χ3n) is 6.73. The van der Waals surface area contributed by atoms with Crippen LogP contribution in [0.3, 0.4) is 0 Å². The highest BCUT2D eigenvalue weighted by molar-refractivity contribution is 6.04. The zero-order chi connectivity index (χ0) is 30.5. The molecule has 222 valence electrons. The quantitative estimate of drug-likeness (QED) is 0.334. The number of nitrogens with one attached hydrogen (secondary N) is 1. The average Bonchev–Trinajstić information content (AvgIpc) is 3.19. The predicted octanol–water partition coefficient (Wildman–Crippen LogP) is 6.10. The van der Waals surface area contributed by atoms with E-state index in [9.17, 15) is 18.0 Å². The van der Waals surface area contributed by atoms with Crippen molar-refractivity contribution in [2.24, 2.45) is 0 Å². The van der Waals surface area contributed by atoms with Crippen LogP contribution in [-0.2, 0) is 24.3 Å². The molecular formula is C32H35F3N4O3. The summed E-state index contributed by atoms with van der Waals surface area (Å²) in [6, 6.07) is 26.2. The summed E-state index contributed by atoms with van der Waals surface area (Å²) in [5.41, 5.74) is 5.88. The number of nitrogens with zero attached hydrogens (tertiary/aromatic N) is 3. The Morgan fingerprint density at radius 1 is 0.881 bits per heavy atom. The van der Waals surface area contributed by atoms with Crippen LogP contribution in [0.25, 0.3) is 0 Å². The number of rotatable bonds is 8. The Morgan fingerprint density at radius 3 is 2.00 bits per heavy atom. The number of amides is 1. The molecule has 1 aliphatic heterocycles. The van der Waals surface area contributed by atoms with Gasteiger partial charge in [0, 0.05) is 37.4 Å². The Balaban J connectivity index is 0.000000616. The van der Waals surface area contributed by atoms with Gasteiger partial charge in [0.2, 0.25) is 0 Å². The lowest BCUT2D eigenvalue weighted by Crippen LogP contribution is -2.30. The van der Waals surface area contributed by atoms with Crippen molar-refractivity contribution in [3.8, 4) is 6.07 Å². The first-order chi connectivity index (χ1) is 20.1. The van der Waals surface area contributed by atoms with Crippen LogP contribution in [0.2, 0.25) is 0 Å². The molecule has 42 heavy (non-hydrogen) atoms. The van der Waals surface area contributed by atoms with Crippen LogP contribution in [0.15, 0.2) is 72.8 Å². The van der Waals surface area contributed by atoms with Gasteiger partial charge in [-0.1, -0.05) is 49.7 Å². The van der Waals surface area contributed by atoms with Crippen molar-refractivity contribution >= 4 is 17.6 Å². The molecular weight excluding hydrogens is 545 g/mol. The number of carbonyl (C=O) groups is 2. The Bertz CT molecular complexity index is 1370. The summed E-state index contributed by atoms with van der Waals surface area (Å²) in [5.74, 6) is -2.83. The minimum absolute atomic E-state index is 0.0725. The Kier molecular flexibility index (Phi) is 12.1. The van der Waals surface area contributed by atoms with Gasteiger partial charge in [0.05, 0.1) is 11.6 Å². The van der Waals surface area contributed by atoms with Crippen molar-refractivity contribution < 1.29 is 27.9 Å². The second kappa shape index (κ2) is 15.7. The zero-order valence-corrected chi connectivity index (χ0v) is 23.5. The molecule has 1 heterocycles. The number of benzene rings is 3. The topological polar surface area (TPSA) is 96.7 Å². The largest absolute Gasteiger partial charge is 0.490 e. The lowest BCUT2D eigenvalue weighted by Gasteiger charge is -2.22. The maximum atomic E-state index is 12.8.